The Kier molecular flexibility index (Phi) is 6.05. The highest BCUT2D eigenvalue weighted by molar-refractivity contribution is 7.89. The van der Waals surface area contributed by atoms with Crippen molar-refractivity contribution in [1.82, 2.24) is 4.31 Å². The van der Waals surface area contributed by atoms with Crippen LogP contribution < -0.4 is 5.32 Å². The Bertz CT molecular complexity index is 1030. The normalized spacial score (nSPS) is 17.9. The first-order chi connectivity index (χ1) is 13.6. The highest BCUT2D eigenvalue weighted by atomic mass is 32.2. The van der Waals surface area contributed by atoms with Gasteiger partial charge in [-0.05, 0) is 56.9 Å². The Morgan fingerprint density at radius 3 is 2.41 bits per heavy atom. The molecule has 2 aromatic carbocycles. The van der Waals surface area contributed by atoms with E-state index >= 15 is 0 Å². The van der Waals surface area contributed by atoms with E-state index in [2.05, 4.69) is 5.32 Å². The summed E-state index contributed by atoms with van der Waals surface area (Å²) in [6.45, 7) is 5.73. The van der Waals surface area contributed by atoms with Gasteiger partial charge in [-0.2, -0.15) is 4.31 Å². The standard InChI is InChI=1S/C21H24F2N2O3S/c1-13-9-14(2)20(15(3)10-13)29(27,28)25-8-4-5-16(12-25)21(26)24-19-11-17(22)6-7-18(19)23/h6-7,9-11,16H,4-5,8,12H2,1-3H3,(H,24,26). The molecular formula is C21H24F2N2O3S. The summed E-state index contributed by atoms with van der Waals surface area (Å²) in [4.78, 5) is 12.9. The summed E-state index contributed by atoms with van der Waals surface area (Å²) in [7, 11) is -3.78. The largest absolute Gasteiger partial charge is 0.323 e. The molecule has 1 aliphatic rings. The minimum atomic E-state index is -3.78. The van der Waals surface area contributed by atoms with E-state index in [9.17, 15) is 22.0 Å². The molecule has 8 heteroatoms. The van der Waals surface area contributed by atoms with Crippen molar-refractivity contribution in [3.05, 3.63) is 58.7 Å². The summed E-state index contributed by atoms with van der Waals surface area (Å²) in [5.41, 5.74) is 2.05. The Morgan fingerprint density at radius 2 is 1.76 bits per heavy atom. The van der Waals surface area contributed by atoms with Crippen LogP contribution in [0.3, 0.4) is 0 Å². The van der Waals surface area contributed by atoms with Crippen LogP contribution in [0.4, 0.5) is 14.5 Å². The van der Waals surface area contributed by atoms with Crippen LogP contribution >= 0.6 is 0 Å². The fraction of sp³-hybridized carbons (Fsp3) is 0.381. The topological polar surface area (TPSA) is 66.5 Å². The molecule has 1 aliphatic heterocycles. The number of nitrogens with one attached hydrogen (secondary N) is 1. The smallest absolute Gasteiger partial charge is 0.243 e. The molecule has 0 radical (unpaired) electrons. The molecule has 1 fully saturated rings. The number of nitrogens with zero attached hydrogens (tertiary/aromatic N) is 1. The van der Waals surface area contributed by atoms with Gasteiger partial charge in [-0.25, -0.2) is 17.2 Å². The summed E-state index contributed by atoms with van der Waals surface area (Å²) in [6, 6.07) is 6.45. The van der Waals surface area contributed by atoms with Crippen LogP contribution in [-0.2, 0) is 14.8 Å². The molecule has 0 bridgehead atoms. The Morgan fingerprint density at radius 1 is 1.10 bits per heavy atom. The molecule has 29 heavy (non-hydrogen) atoms. The van der Waals surface area contributed by atoms with E-state index in [4.69, 9.17) is 0 Å². The average molecular weight is 422 g/mol. The van der Waals surface area contributed by atoms with Crippen LogP contribution in [-0.4, -0.2) is 31.7 Å². The molecule has 0 aromatic heterocycles. The van der Waals surface area contributed by atoms with E-state index < -0.39 is 33.5 Å². The number of aryl methyl sites for hydroxylation is 3. The minimum absolute atomic E-state index is 0.00213. The van der Waals surface area contributed by atoms with Gasteiger partial charge in [-0.15, -0.1) is 0 Å². The van der Waals surface area contributed by atoms with Gasteiger partial charge in [-0.3, -0.25) is 4.79 Å². The molecule has 1 atom stereocenters. The maximum atomic E-state index is 13.8. The predicted octanol–water partition coefficient (Wildman–Crippen LogP) is 3.93. The lowest BCUT2D eigenvalue weighted by Crippen LogP contribution is -2.44. The van der Waals surface area contributed by atoms with Crippen molar-refractivity contribution in [3.8, 4) is 0 Å². The number of hydrogen-bond acceptors (Lipinski definition) is 3. The first-order valence-electron chi connectivity index (χ1n) is 9.43. The number of anilines is 1. The molecule has 1 heterocycles. The van der Waals surface area contributed by atoms with E-state index in [0.717, 1.165) is 23.8 Å². The van der Waals surface area contributed by atoms with Gasteiger partial charge in [-0.1, -0.05) is 17.7 Å². The van der Waals surface area contributed by atoms with Gasteiger partial charge < -0.3 is 5.32 Å². The van der Waals surface area contributed by atoms with Gasteiger partial charge in [0, 0.05) is 19.2 Å². The van der Waals surface area contributed by atoms with Gasteiger partial charge in [0.2, 0.25) is 15.9 Å². The first-order valence-corrected chi connectivity index (χ1v) is 10.9. The average Bonchev–Trinajstić information content (AvgIpc) is 2.63. The van der Waals surface area contributed by atoms with Crippen LogP contribution in [0.2, 0.25) is 0 Å². The van der Waals surface area contributed by atoms with E-state index in [1.165, 1.54) is 4.31 Å². The number of carbonyl (C=O) groups excluding carboxylic acids is 1. The van der Waals surface area contributed by atoms with Crippen molar-refractivity contribution in [2.75, 3.05) is 18.4 Å². The van der Waals surface area contributed by atoms with Gasteiger partial charge in [0.1, 0.15) is 11.6 Å². The summed E-state index contributed by atoms with van der Waals surface area (Å²) in [5.74, 6) is -2.58. The van der Waals surface area contributed by atoms with Gasteiger partial charge in [0.05, 0.1) is 16.5 Å². The van der Waals surface area contributed by atoms with Crippen molar-refractivity contribution >= 4 is 21.6 Å². The Labute approximate surface area is 169 Å². The maximum absolute atomic E-state index is 13.8. The third-order valence-corrected chi connectivity index (χ3v) is 7.32. The van der Waals surface area contributed by atoms with Crippen LogP contribution in [0.1, 0.15) is 29.5 Å². The summed E-state index contributed by atoms with van der Waals surface area (Å²) < 4.78 is 55.0. The second-order valence-electron chi connectivity index (χ2n) is 7.54. The molecule has 5 nitrogen and oxygen atoms in total. The number of piperidine rings is 1. The highest BCUT2D eigenvalue weighted by Crippen LogP contribution is 2.29. The first kappa shape index (κ1) is 21.4. The Hall–Kier alpha value is -2.32. The van der Waals surface area contributed by atoms with Gasteiger partial charge in [0.15, 0.2) is 0 Å². The fourth-order valence-electron chi connectivity index (χ4n) is 3.91. The zero-order valence-corrected chi connectivity index (χ0v) is 17.4. The number of halogens is 2. The second kappa shape index (κ2) is 8.20. The molecular weight excluding hydrogens is 398 g/mol. The quantitative estimate of drug-likeness (QED) is 0.812. The number of carbonyl (C=O) groups is 1. The number of benzene rings is 2. The lowest BCUT2D eigenvalue weighted by Gasteiger charge is -2.32. The van der Waals surface area contributed by atoms with Crippen molar-refractivity contribution < 1.29 is 22.0 Å². The highest BCUT2D eigenvalue weighted by Gasteiger charge is 2.35. The maximum Gasteiger partial charge on any atom is 0.243 e. The van der Waals surface area contributed by atoms with Crippen LogP contribution in [0, 0.1) is 38.3 Å². The third kappa shape index (κ3) is 4.48. The zero-order chi connectivity index (χ0) is 21.3. The minimum Gasteiger partial charge on any atom is -0.323 e. The van der Waals surface area contributed by atoms with Gasteiger partial charge in [0.25, 0.3) is 0 Å². The van der Waals surface area contributed by atoms with E-state index in [0.29, 0.717) is 30.5 Å². The number of hydrogen-bond donors (Lipinski definition) is 1. The molecule has 2 aromatic rings. The third-order valence-electron chi connectivity index (χ3n) is 5.14. The number of rotatable bonds is 4. The molecule has 3 rings (SSSR count). The van der Waals surface area contributed by atoms with E-state index in [-0.39, 0.29) is 17.1 Å². The van der Waals surface area contributed by atoms with Crippen LogP contribution in [0.25, 0.3) is 0 Å². The lowest BCUT2D eigenvalue weighted by atomic mass is 9.98. The summed E-state index contributed by atoms with van der Waals surface area (Å²) in [5, 5.41) is 2.39. The predicted molar refractivity (Wildman–Crippen MR) is 107 cm³/mol. The second-order valence-corrected chi connectivity index (χ2v) is 9.42. The Balaban J connectivity index is 1.81. The molecule has 0 aliphatic carbocycles. The molecule has 1 amide bonds. The van der Waals surface area contributed by atoms with Crippen LogP contribution in [0.5, 0.6) is 0 Å². The molecule has 156 valence electrons. The van der Waals surface area contributed by atoms with Crippen molar-refractivity contribution in [1.29, 1.82) is 0 Å². The van der Waals surface area contributed by atoms with E-state index in [1.807, 2.05) is 19.1 Å². The molecule has 1 N–H and O–H groups in total. The van der Waals surface area contributed by atoms with Crippen molar-refractivity contribution in [3.63, 3.8) is 0 Å². The van der Waals surface area contributed by atoms with Crippen molar-refractivity contribution in [2.24, 2.45) is 5.92 Å². The molecule has 1 saturated heterocycles. The lowest BCUT2D eigenvalue weighted by molar-refractivity contribution is -0.120. The van der Waals surface area contributed by atoms with Crippen LogP contribution in [0.15, 0.2) is 35.2 Å². The SMILES string of the molecule is Cc1cc(C)c(S(=O)(=O)N2CCCC(C(=O)Nc3cc(F)ccc3F)C2)c(C)c1. The molecule has 0 saturated carbocycles. The van der Waals surface area contributed by atoms with Gasteiger partial charge >= 0.3 is 0 Å². The number of amides is 1. The summed E-state index contributed by atoms with van der Waals surface area (Å²) >= 11 is 0. The molecule has 1 unspecified atom stereocenters. The van der Waals surface area contributed by atoms with E-state index in [1.54, 1.807) is 13.8 Å². The van der Waals surface area contributed by atoms with Crippen molar-refractivity contribution in [2.45, 2.75) is 38.5 Å². The summed E-state index contributed by atoms with van der Waals surface area (Å²) in [6.07, 6.45) is 0.980. The monoisotopic (exact) mass is 422 g/mol. The number of sulfonamides is 1. The molecule has 0 spiro atoms. The zero-order valence-electron chi connectivity index (χ0n) is 16.6. The fourth-order valence-corrected chi connectivity index (χ4v) is 5.84.